The van der Waals surface area contributed by atoms with Crippen LogP contribution in [0, 0.1) is 0 Å². The Bertz CT molecular complexity index is 404. The van der Waals surface area contributed by atoms with E-state index in [4.69, 9.17) is 9.47 Å². The van der Waals surface area contributed by atoms with Gasteiger partial charge in [-0.05, 0) is 31.0 Å². The Hall–Kier alpha value is -1.75. The molecule has 0 spiro atoms. The van der Waals surface area contributed by atoms with Gasteiger partial charge in [0, 0.05) is 13.5 Å². The minimum absolute atomic E-state index is 0.162. The third kappa shape index (κ3) is 9.73. The summed E-state index contributed by atoms with van der Waals surface area (Å²) in [6, 6.07) is 5.25. The van der Waals surface area contributed by atoms with Crippen molar-refractivity contribution in [1.82, 2.24) is 0 Å². The van der Waals surface area contributed by atoms with E-state index in [1.165, 1.54) is 14.0 Å². The highest BCUT2D eigenvalue weighted by Crippen LogP contribution is 2.26. The van der Waals surface area contributed by atoms with Gasteiger partial charge in [0.2, 0.25) is 0 Å². The molecule has 120 valence electrons. The molecule has 1 aromatic rings. The van der Waals surface area contributed by atoms with Gasteiger partial charge in [0.1, 0.15) is 0 Å². The molecule has 0 heterocycles. The first kappa shape index (κ1) is 19.2. The Morgan fingerprint density at radius 3 is 2.48 bits per heavy atom. The van der Waals surface area contributed by atoms with Crippen LogP contribution < -0.4 is 4.74 Å². The molecule has 5 heteroatoms. The normalized spacial score (nSPS) is 9.52. The molecule has 0 aliphatic carbocycles. The maximum atomic E-state index is 9.82. The molecule has 21 heavy (non-hydrogen) atoms. The molecule has 5 nitrogen and oxygen atoms in total. The summed E-state index contributed by atoms with van der Waals surface area (Å²) in [5, 5.41) is 9.38. The summed E-state index contributed by atoms with van der Waals surface area (Å²) in [5.41, 5.74) is 1.01. The van der Waals surface area contributed by atoms with E-state index in [-0.39, 0.29) is 11.7 Å². The van der Waals surface area contributed by atoms with Gasteiger partial charge in [0.15, 0.2) is 11.5 Å². The number of phenols is 1. The zero-order valence-electron chi connectivity index (χ0n) is 13.3. The van der Waals surface area contributed by atoms with E-state index < -0.39 is 0 Å². The molecule has 0 fully saturated rings. The molecular weight excluding hydrogens is 272 g/mol. The number of benzene rings is 1. The van der Waals surface area contributed by atoms with Gasteiger partial charge in [-0.2, -0.15) is 0 Å². The minimum Gasteiger partial charge on any atom is -0.504 e. The number of ether oxygens (including phenoxy) is 3. The van der Waals surface area contributed by atoms with Crippen LogP contribution in [0.5, 0.6) is 11.5 Å². The van der Waals surface area contributed by atoms with Gasteiger partial charge in [0.05, 0.1) is 20.3 Å². The fourth-order valence-electron chi connectivity index (χ4n) is 1.45. The quantitative estimate of drug-likeness (QED) is 0.618. The summed E-state index contributed by atoms with van der Waals surface area (Å²) >= 11 is 0. The van der Waals surface area contributed by atoms with Gasteiger partial charge in [-0.3, -0.25) is 4.79 Å². The molecule has 1 rings (SSSR count). The molecule has 0 aliphatic heterocycles. The molecule has 0 radical (unpaired) electrons. The monoisotopic (exact) mass is 298 g/mol. The second-order valence-corrected chi connectivity index (χ2v) is 4.34. The van der Waals surface area contributed by atoms with Gasteiger partial charge in [-0.25, -0.2) is 0 Å². The van der Waals surface area contributed by atoms with Gasteiger partial charge < -0.3 is 19.3 Å². The summed E-state index contributed by atoms with van der Waals surface area (Å²) in [6.45, 7) is 7.13. The van der Waals surface area contributed by atoms with E-state index >= 15 is 0 Å². The molecule has 1 aromatic carbocycles. The summed E-state index contributed by atoms with van der Waals surface area (Å²) in [6.07, 6.45) is 2.22. The molecule has 0 amide bonds. The van der Waals surface area contributed by atoms with Gasteiger partial charge in [-0.15, -0.1) is 0 Å². The van der Waals surface area contributed by atoms with Gasteiger partial charge >= 0.3 is 5.97 Å². The Morgan fingerprint density at radius 1 is 1.29 bits per heavy atom. The van der Waals surface area contributed by atoms with Crippen LogP contribution in [-0.2, 0) is 20.9 Å². The topological polar surface area (TPSA) is 65.0 Å². The van der Waals surface area contributed by atoms with Crippen molar-refractivity contribution >= 4 is 5.97 Å². The zero-order chi connectivity index (χ0) is 16.1. The number of esters is 1. The Balaban J connectivity index is 0.000000567. The van der Waals surface area contributed by atoms with E-state index in [1.807, 2.05) is 6.07 Å². The lowest BCUT2D eigenvalue weighted by Gasteiger charge is -2.07. The number of carbonyl (C=O) groups excluding carboxylic acids is 1. The third-order valence-electron chi connectivity index (χ3n) is 2.50. The van der Waals surface area contributed by atoms with E-state index in [0.717, 1.165) is 25.0 Å². The van der Waals surface area contributed by atoms with E-state index in [0.29, 0.717) is 19.0 Å². The fraction of sp³-hybridized carbons (Fsp3) is 0.562. The van der Waals surface area contributed by atoms with Crippen molar-refractivity contribution in [3.05, 3.63) is 23.8 Å². The standard InChI is InChI=1S/C12H18O3.C4H8O2/c1-3-4-7-15-9-10-5-6-11(13)12(8-10)14-2;1-3-6-4(2)5/h5-6,8,13H,3-4,7,9H2,1-2H3;3H2,1-2H3. The molecule has 0 unspecified atom stereocenters. The van der Waals surface area contributed by atoms with Crippen molar-refractivity contribution in [3.8, 4) is 11.5 Å². The van der Waals surface area contributed by atoms with Crippen molar-refractivity contribution in [2.45, 2.75) is 40.2 Å². The van der Waals surface area contributed by atoms with Crippen LogP contribution in [0.15, 0.2) is 18.2 Å². The molecular formula is C16H26O5. The van der Waals surface area contributed by atoms with Crippen LogP contribution >= 0.6 is 0 Å². The second kappa shape index (κ2) is 12.0. The maximum absolute atomic E-state index is 9.82. The SMILES string of the molecule is CCCCOCc1ccc(O)c(OC)c1.CCOC(C)=O. The lowest BCUT2D eigenvalue weighted by molar-refractivity contribution is -0.140. The number of phenolic OH excluding ortho intramolecular Hbond substituents is 1. The average molecular weight is 298 g/mol. The molecule has 0 saturated carbocycles. The first-order valence-electron chi connectivity index (χ1n) is 7.12. The van der Waals surface area contributed by atoms with Crippen LogP contribution in [-0.4, -0.2) is 31.4 Å². The summed E-state index contributed by atoms with van der Waals surface area (Å²) in [5.74, 6) is 0.443. The number of rotatable bonds is 7. The van der Waals surface area contributed by atoms with Crippen molar-refractivity contribution in [1.29, 1.82) is 0 Å². The highest BCUT2D eigenvalue weighted by molar-refractivity contribution is 5.65. The number of hydrogen-bond donors (Lipinski definition) is 1. The first-order valence-corrected chi connectivity index (χ1v) is 7.12. The molecule has 0 atom stereocenters. The second-order valence-electron chi connectivity index (χ2n) is 4.34. The first-order chi connectivity index (χ1) is 10.0. The largest absolute Gasteiger partial charge is 0.504 e. The fourth-order valence-corrected chi connectivity index (χ4v) is 1.45. The summed E-state index contributed by atoms with van der Waals surface area (Å²) in [7, 11) is 1.54. The Labute approximate surface area is 126 Å². The molecule has 0 saturated heterocycles. The van der Waals surface area contributed by atoms with Crippen LogP contribution in [0.2, 0.25) is 0 Å². The lowest BCUT2D eigenvalue weighted by Crippen LogP contribution is -1.95. The van der Waals surface area contributed by atoms with Crippen LogP contribution in [0.4, 0.5) is 0 Å². The van der Waals surface area contributed by atoms with E-state index in [2.05, 4.69) is 11.7 Å². The summed E-state index contributed by atoms with van der Waals surface area (Å²) < 4.78 is 14.9. The number of unbranched alkanes of at least 4 members (excludes halogenated alkanes) is 1. The predicted molar refractivity (Wildman–Crippen MR) is 81.5 cm³/mol. The van der Waals surface area contributed by atoms with Crippen molar-refractivity contribution in [2.24, 2.45) is 0 Å². The van der Waals surface area contributed by atoms with E-state index in [1.54, 1.807) is 19.1 Å². The Morgan fingerprint density at radius 2 is 2.00 bits per heavy atom. The smallest absolute Gasteiger partial charge is 0.302 e. The molecule has 1 N–H and O–H groups in total. The molecule has 0 bridgehead atoms. The number of aromatic hydroxyl groups is 1. The predicted octanol–water partition coefficient (Wildman–Crippen LogP) is 3.29. The van der Waals surface area contributed by atoms with E-state index in [9.17, 15) is 9.90 Å². The zero-order valence-corrected chi connectivity index (χ0v) is 13.3. The van der Waals surface area contributed by atoms with Crippen molar-refractivity contribution in [2.75, 3.05) is 20.3 Å². The Kier molecular flexibility index (Phi) is 11.0. The van der Waals surface area contributed by atoms with Gasteiger partial charge in [-0.1, -0.05) is 19.4 Å². The van der Waals surface area contributed by atoms with Crippen molar-refractivity contribution < 1.29 is 24.1 Å². The third-order valence-corrected chi connectivity index (χ3v) is 2.50. The minimum atomic E-state index is -0.211. The van der Waals surface area contributed by atoms with Crippen LogP contribution in [0.1, 0.15) is 39.2 Å². The van der Waals surface area contributed by atoms with Crippen LogP contribution in [0.3, 0.4) is 0 Å². The van der Waals surface area contributed by atoms with Crippen LogP contribution in [0.25, 0.3) is 0 Å². The number of hydrogen-bond acceptors (Lipinski definition) is 5. The molecule has 0 aromatic heterocycles. The highest BCUT2D eigenvalue weighted by Gasteiger charge is 2.02. The number of methoxy groups -OCH3 is 1. The summed E-state index contributed by atoms with van der Waals surface area (Å²) in [4.78, 5) is 9.82. The lowest BCUT2D eigenvalue weighted by atomic mass is 10.2. The number of carbonyl (C=O) groups is 1. The molecule has 0 aliphatic rings. The highest BCUT2D eigenvalue weighted by atomic mass is 16.5. The van der Waals surface area contributed by atoms with Crippen molar-refractivity contribution in [3.63, 3.8) is 0 Å². The maximum Gasteiger partial charge on any atom is 0.302 e. The van der Waals surface area contributed by atoms with Gasteiger partial charge in [0.25, 0.3) is 0 Å². The average Bonchev–Trinajstić information content (AvgIpc) is 2.45.